The molecule has 0 aromatic heterocycles. The van der Waals surface area contributed by atoms with E-state index in [2.05, 4.69) is 5.48 Å². The van der Waals surface area contributed by atoms with E-state index in [1.54, 1.807) is 11.8 Å². The summed E-state index contributed by atoms with van der Waals surface area (Å²) in [6, 6.07) is -0.244. The minimum Gasteiger partial charge on any atom is -0.302 e. The SMILES string of the molecule is CS[CH]C[C@@H](C=O)NOC(C)(C)C. The summed E-state index contributed by atoms with van der Waals surface area (Å²) in [4.78, 5) is 15.8. The van der Waals surface area contributed by atoms with Crippen LogP contribution < -0.4 is 5.48 Å². The normalized spacial score (nSPS) is 14.2. The van der Waals surface area contributed by atoms with Crippen molar-refractivity contribution in [3.05, 3.63) is 5.75 Å². The molecule has 1 radical (unpaired) electrons. The van der Waals surface area contributed by atoms with Crippen LogP contribution in [0.2, 0.25) is 0 Å². The molecule has 4 heteroatoms. The van der Waals surface area contributed by atoms with E-state index < -0.39 is 0 Å². The Kier molecular flexibility index (Phi) is 6.37. The van der Waals surface area contributed by atoms with Gasteiger partial charge in [0.15, 0.2) is 0 Å². The van der Waals surface area contributed by atoms with Crippen LogP contribution in [0, 0.1) is 5.75 Å². The van der Waals surface area contributed by atoms with Crippen LogP contribution in [-0.2, 0) is 9.63 Å². The highest BCUT2D eigenvalue weighted by Gasteiger charge is 2.14. The Morgan fingerprint density at radius 2 is 2.15 bits per heavy atom. The van der Waals surface area contributed by atoms with E-state index in [1.807, 2.05) is 32.8 Å². The van der Waals surface area contributed by atoms with Gasteiger partial charge in [-0.25, -0.2) is 0 Å². The van der Waals surface area contributed by atoms with Crippen LogP contribution >= 0.6 is 11.8 Å². The fraction of sp³-hybridized carbons (Fsp3) is 0.778. The van der Waals surface area contributed by atoms with E-state index >= 15 is 0 Å². The predicted octanol–water partition coefficient (Wildman–Crippen LogP) is 1.79. The lowest BCUT2D eigenvalue weighted by molar-refractivity contribution is -0.121. The molecule has 0 aromatic rings. The number of nitrogens with one attached hydrogen (secondary N) is 1. The van der Waals surface area contributed by atoms with Gasteiger partial charge in [-0.2, -0.15) is 17.2 Å². The number of thioether (sulfide) groups is 1. The Morgan fingerprint density at radius 3 is 2.54 bits per heavy atom. The quantitative estimate of drug-likeness (QED) is 0.529. The van der Waals surface area contributed by atoms with Gasteiger partial charge in [0.05, 0.1) is 11.6 Å². The highest BCUT2D eigenvalue weighted by molar-refractivity contribution is 8.00. The van der Waals surface area contributed by atoms with Gasteiger partial charge in [-0.3, -0.25) is 4.84 Å². The zero-order valence-electron chi connectivity index (χ0n) is 8.66. The molecule has 1 N–H and O–H groups in total. The number of hydroxylamine groups is 1. The van der Waals surface area contributed by atoms with Crippen molar-refractivity contribution in [2.75, 3.05) is 6.26 Å². The lowest BCUT2D eigenvalue weighted by Gasteiger charge is -2.22. The van der Waals surface area contributed by atoms with Crippen molar-refractivity contribution in [1.29, 1.82) is 0 Å². The van der Waals surface area contributed by atoms with E-state index in [0.717, 1.165) is 6.29 Å². The smallest absolute Gasteiger partial charge is 0.139 e. The Bertz CT molecular complexity index is 145. The van der Waals surface area contributed by atoms with E-state index in [-0.39, 0.29) is 11.6 Å². The molecular weight excluding hydrogens is 186 g/mol. The second-order valence-electron chi connectivity index (χ2n) is 3.71. The maximum atomic E-state index is 10.6. The van der Waals surface area contributed by atoms with Gasteiger partial charge in [-0.15, -0.1) is 0 Å². The molecule has 77 valence electrons. The molecule has 0 unspecified atom stereocenters. The maximum absolute atomic E-state index is 10.6. The summed E-state index contributed by atoms with van der Waals surface area (Å²) < 4.78 is 0. The standard InChI is InChI=1S/C9H18NO2S/c1-9(2,3)12-10-8(7-11)5-6-13-4/h6-8,10H,5H2,1-4H3/t8-/m0/s1. The molecule has 0 amide bonds. The first-order chi connectivity index (χ1) is 5.99. The van der Waals surface area contributed by atoms with Crippen LogP contribution in [-0.4, -0.2) is 24.2 Å². The molecule has 0 aliphatic rings. The summed E-state index contributed by atoms with van der Waals surface area (Å²) in [5.74, 6) is 1.97. The summed E-state index contributed by atoms with van der Waals surface area (Å²) in [6.45, 7) is 5.79. The molecule has 0 saturated heterocycles. The van der Waals surface area contributed by atoms with Crippen molar-refractivity contribution in [1.82, 2.24) is 5.48 Å². The number of aldehydes is 1. The molecule has 13 heavy (non-hydrogen) atoms. The molecule has 0 fully saturated rings. The van der Waals surface area contributed by atoms with E-state index in [4.69, 9.17) is 4.84 Å². The number of carbonyl (C=O) groups excluding carboxylic acids is 1. The van der Waals surface area contributed by atoms with Crippen molar-refractivity contribution in [2.45, 2.75) is 38.8 Å². The predicted molar refractivity (Wildman–Crippen MR) is 56.3 cm³/mol. The summed E-state index contributed by atoms with van der Waals surface area (Å²) in [5, 5.41) is 0. The fourth-order valence-electron chi connectivity index (χ4n) is 0.584. The second kappa shape index (κ2) is 6.40. The molecule has 0 aliphatic carbocycles. The average Bonchev–Trinajstić information content (AvgIpc) is 2.03. The summed E-state index contributed by atoms with van der Waals surface area (Å²) >= 11 is 1.60. The average molecular weight is 204 g/mol. The number of carbonyl (C=O) groups is 1. The third kappa shape index (κ3) is 8.28. The molecule has 3 nitrogen and oxygen atoms in total. The van der Waals surface area contributed by atoms with Crippen molar-refractivity contribution < 1.29 is 9.63 Å². The van der Waals surface area contributed by atoms with Crippen LogP contribution in [0.25, 0.3) is 0 Å². The van der Waals surface area contributed by atoms with Gasteiger partial charge in [-0.1, -0.05) is 0 Å². The lowest BCUT2D eigenvalue weighted by Crippen LogP contribution is -2.37. The maximum Gasteiger partial charge on any atom is 0.139 e. The van der Waals surface area contributed by atoms with Gasteiger partial charge in [0.1, 0.15) is 6.29 Å². The Balaban J connectivity index is 3.65. The minimum absolute atomic E-state index is 0.244. The fourth-order valence-corrected chi connectivity index (χ4v) is 0.984. The van der Waals surface area contributed by atoms with Gasteiger partial charge >= 0.3 is 0 Å². The zero-order valence-corrected chi connectivity index (χ0v) is 9.48. The van der Waals surface area contributed by atoms with Crippen LogP contribution in [0.5, 0.6) is 0 Å². The summed E-state index contributed by atoms with van der Waals surface area (Å²) in [5.41, 5.74) is 2.47. The first kappa shape index (κ1) is 12.9. The second-order valence-corrected chi connectivity index (χ2v) is 4.52. The van der Waals surface area contributed by atoms with E-state index in [9.17, 15) is 4.79 Å². The molecule has 0 aromatic carbocycles. The Hall–Kier alpha value is -0.0600. The van der Waals surface area contributed by atoms with Gasteiger partial charge < -0.3 is 4.79 Å². The van der Waals surface area contributed by atoms with Crippen LogP contribution in [0.3, 0.4) is 0 Å². The highest BCUT2D eigenvalue weighted by atomic mass is 32.2. The highest BCUT2D eigenvalue weighted by Crippen LogP contribution is 2.08. The molecular formula is C9H18NO2S. The van der Waals surface area contributed by atoms with Crippen molar-refractivity contribution in [3.8, 4) is 0 Å². The van der Waals surface area contributed by atoms with Crippen molar-refractivity contribution in [2.24, 2.45) is 0 Å². The van der Waals surface area contributed by atoms with Gasteiger partial charge in [-0.05, 0) is 33.4 Å². The monoisotopic (exact) mass is 204 g/mol. The van der Waals surface area contributed by atoms with Crippen molar-refractivity contribution in [3.63, 3.8) is 0 Å². The van der Waals surface area contributed by atoms with Crippen LogP contribution in [0.1, 0.15) is 27.2 Å². The molecule has 1 atom stereocenters. The first-order valence-corrected chi connectivity index (χ1v) is 5.51. The molecule has 0 heterocycles. The largest absolute Gasteiger partial charge is 0.302 e. The van der Waals surface area contributed by atoms with Gasteiger partial charge in [0.25, 0.3) is 0 Å². The minimum atomic E-state index is -0.263. The van der Waals surface area contributed by atoms with Crippen molar-refractivity contribution >= 4 is 18.0 Å². The van der Waals surface area contributed by atoms with Crippen LogP contribution in [0.4, 0.5) is 0 Å². The van der Waals surface area contributed by atoms with E-state index in [1.165, 1.54) is 0 Å². The van der Waals surface area contributed by atoms with Crippen LogP contribution in [0.15, 0.2) is 0 Å². The number of rotatable bonds is 6. The Morgan fingerprint density at radius 1 is 1.54 bits per heavy atom. The Labute approximate surface area is 84.6 Å². The molecule has 0 saturated carbocycles. The molecule has 0 aliphatic heterocycles. The summed E-state index contributed by atoms with van der Waals surface area (Å²) in [6.07, 6.45) is 3.51. The number of hydrogen-bond acceptors (Lipinski definition) is 4. The molecule has 0 rings (SSSR count). The third-order valence-corrected chi connectivity index (χ3v) is 1.72. The third-order valence-electron chi connectivity index (χ3n) is 1.20. The lowest BCUT2D eigenvalue weighted by atomic mass is 10.2. The van der Waals surface area contributed by atoms with E-state index in [0.29, 0.717) is 6.42 Å². The van der Waals surface area contributed by atoms with Gasteiger partial charge in [0.2, 0.25) is 0 Å². The topological polar surface area (TPSA) is 38.3 Å². The van der Waals surface area contributed by atoms with Gasteiger partial charge in [0, 0.05) is 5.75 Å². The number of hydrogen-bond donors (Lipinski definition) is 1. The first-order valence-electron chi connectivity index (χ1n) is 4.23. The molecule has 0 spiro atoms. The molecule has 0 bridgehead atoms. The summed E-state index contributed by atoms with van der Waals surface area (Å²) in [7, 11) is 0. The zero-order chi connectivity index (χ0) is 10.3.